The average molecular weight is 249 g/mol. The molecule has 0 fully saturated rings. The monoisotopic (exact) mass is 250 g/mol. The van der Waals surface area contributed by atoms with Crippen LogP contribution in [0.1, 0.15) is 6.42 Å². The van der Waals surface area contributed by atoms with Gasteiger partial charge in [-0.15, -0.1) is 0 Å². The van der Waals surface area contributed by atoms with E-state index < -0.39 is 0 Å². The van der Waals surface area contributed by atoms with Gasteiger partial charge in [0, 0.05) is 0 Å². The maximum atomic E-state index is 4.23. The fourth-order valence-corrected chi connectivity index (χ4v) is 0.751. The summed E-state index contributed by atoms with van der Waals surface area (Å²) < 4.78 is 0. The van der Waals surface area contributed by atoms with Crippen molar-refractivity contribution in [3.8, 4) is 0 Å². The van der Waals surface area contributed by atoms with Crippen molar-refractivity contribution in [1.82, 2.24) is 0 Å². The van der Waals surface area contributed by atoms with Crippen molar-refractivity contribution in [2.24, 2.45) is 0 Å². The van der Waals surface area contributed by atoms with Gasteiger partial charge in [-0.05, 0) is 0 Å². The Labute approximate surface area is 88.4 Å². The molecule has 0 aromatic rings. The van der Waals surface area contributed by atoms with Gasteiger partial charge in [-0.25, -0.2) is 18.7 Å². The van der Waals surface area contributed by atoms with Crippen molar-refractivity contribution in [2.45, 2.75) is 6.42 Å². The van der Waals surface area contributed by atoms with Crippen molar-refractivity contribution in [3.05, 3.63) is 62.3 Å². The van der Waals surface area contributed by atoms with Gasteiger partial charge in [0.05, 0.1) is 0 Å². The number of allylic oxidation sites excluding steroid dienone is 5. The fourth-order valence-electron chi connectivity index (χ4n) is 0.751. The molecule has 0 spiro atoms. The van der Waals surface area contributed by atoms with Gasteiger partial charge in [0.1, 0.15) is 0 Å². The first-order chi connectivity index (χ1) is 4.86. The molecule has 2 heteroatoms. The van der Waals surface area contributed by atoms with E-state index in [0.29, 0.717) is 0 Å². The van der Waals surface area contributed by atoms with Crippen molar-refractivity contribution in [3.63, 3.8) is 0 Å². The summed E-state index contributed by atoms with van der Waals surface area (Å²) >= 11 is 0. The molecule has 0 radical (unpaired) electrons. The molecule has 0 aromatic carbocycles. The van der Waals surface area contributed by atoms with Crippen molar-refractivity contribution in [1.29, 1.82) is 0 Å². The van der Waals surface area contributed by atoms with E-state index in [1.807, 2.05) is 18.2 Å². The Morgan fingerprint density at radius 3 is 2.67 bits per heavy atom. The van der Waals surface area contributed by atoms with Crippen LogP contribution in [0.25, 0.3) is 5.32 Å². The van der Waals surface area contributed by atoms with Gasteiger partial charge in [0.25, 0.3) is 0 Å². The number of nitrogens with zero attached hydrogens (tertiary/aromatic N) is 1. The molecule has 1 heterocycles. The first-order valence-corrected chi connectivity index (χ1v) is 3.24. The molecule has 0 aromatic heterocycles. The van der Waals surface area contributed by atoms with E-state index in [1.165, 1.54) is 0 Å². The van der Waals surface area contributed by atoms with Crippen LogP contribution in [0.4, 0.5) is 0 Å². The van der Waals surface area contributed by atoms with Crippen LogP contribution < -0.4 is 0 Å². The predicted molar refractivity (Wildman–Crippen MR) is 51.8 cm³/mol. The molecule has 0 saturated carbocycles. The van der Waals surface area contributed by atoms with E-state index in [1.54, 1.807) is 6.08 Å². The van der Waals surface area contributed by atoms with Crippen molar-refractivity contribution in [2.75, 3.05) is 0 Å². The zero-order chi connectivity index (χ0) is 7.40. The summed E-state index contributed by atoms with van der Waals surface area (Å²) in [6, 6.07) is 0. The maximum absolute atomic E-state index is 4.23. The van der Waals surface area contributed by atoms with Gasteiger partial charge < -0.3 is 25.4 Å². The Kier molecular flexibility index (Phi) is 8.41. The molecule has 0 saturated heterocycles. The van der Waals surface area contributed by atoms with Gasteiger partial charge in [-0.1, -0.05) is 12.2 Å². The summed E-state index contributed by atoms with van der Waals surface area (Å²) in [5.41, 5.74) is 1.93. The van der Waals surface area contributed by atoms with Crippen LogP contribution in [0.15, 0.2) is 35.7 Å². The molecule has 0 N–H and O–H groups in total. The first-order valence-electron chi connectivity index (χ1n) is 3.24. The van der Waals surface area contributed by atoms with E-state index in [2.05, 4.69) is 19.2 Å². The van der Waals surface area contributed by atoms with Crippen LogP contribution in [-0.2, 0) is 19.5 Å². The third kappa shape index (κ3) is 3.78. The molecular formula is C10H14NRu-4. The van der Waals surface area contributed by atoms with E-state index in [4.69, 9.17) is 0 Å². The van der Waals surface area contributed by atoms with Gasteiger partial charge in [0.15, 0.2) is 0 Å². The Balaban J connectivity index is 0. The average Bonchev–Trinajstić information content (AvgIpc) is 2.05. The topological polar surface area (TPSA) is 14.1 Å². The van der Waals surface area contributed by atoms with Gasteiger partial charge in [-0.2, -0.15) is 12.5 Å². The van der Waals surface area contributed by atoms with Crippen molar-refractivity contribution < 1.29 is 19.5 Å². The summed E-state index contributed by atoms with van der Waals surface area (Å²) in [5, 5.41) is 4.23. The predicted octanol–water partition coefficient (Wildman–Crippen LogP) is 2.94. The van der Waals surface area contributed by atoms with Crippen molar-refractivity contribution >= 4 is 0 Å². The molecule has 0 bridgehead atoms. The standard InChI is InChI=1S/C9H10N.CH3.Ru.H/c1-3-8-6-5-7-9(4-2)10-8;;;/h3,5-7H,1-2,4H2;1H3;;/q-3;-1;;/b8-3-;;;. The van der Waals surface area contributed by atoms with E-state index >= 15 is 0 Å². The molecule has 1 rings (SSSR count). The SMILES string of the molecule is [CH2-]/C=C1/C=CC=C(C[CH2-])[N-]1.[CH3-].[RuH]. The van der Waals surface area contributed by atoms with E-state index in [0.717, 1.165) is 17.8 Å². The molecule has 1 aliphatic heterocycles. The van der Waals surface area contributed by atoms with Gasteiger partial charge in [-0.3, -0.25) is 0 Å². The van der Waals surface area contributed by atoms with E-state index in [9.17, 15) is 0 Å². The minimum absolute atomic E-state index is 0. The molecule has 0 aliphatic carbocycles. The molecular weight excluding hydrogens is 235 g/mol. The Morgan fingerprint density at radius 1 is 1.50 bits per heavy atom. The second kappa shape index (κ2) is 7.18. The second-order valence-corrected chi connectivity index (χ2v) is 2.01. The van der Waals surface area contributed by atoms with Crippen LogP contribution in [0.5, 0.6) is 0 Å². The minimum atomic E-state index is 0. The molecule has 0 atom stereocenters. The zero-order valence-corrected chi connectivity index (χ0v) is 9.11. The normalized spacial score (nSPS) is 17.1. The number of hydrogen-bond acceptors (Lipinski definition) is 0. The first kappa shape index (κ1) is 14.1. The molecule has 71 valence electrons. The van der Waals surface area contributed by atoms with Crippen LogP contribution >= 0.6 is 0 Å². The molecule has 0 amide bonds. The van der Waals surface area contributed by atoms with Crippen LogP contribution in [0.3, 0.4) is 0 Å². The summed E-state index contributed by atoms with van der Waals surface area (Å²) in [4.78, 5) is 0. The summed E-state index contributed by atoms with van der Waals surface area (Å²) in [6.45, 7) is 7.36. The van der Waals surface area contributed by atoms with Crippen LogP contribution in [-0.4, -0.2) is 0 Å². The molecule has 1 aliphatic rings. The van der Waals surface area contributed by atoms with Gasteiger partial charge >= 0.3 is 19.5 Å². The van der Waals surface area contributed by atoms with Crippen LogP contribution in [0, 0.1) is 21.3 Å². The zero-order valence-electron chi connectivity index (χ0n) is 7.26. The summed E-state index contributed by atoms with van der Waals surface area (Å²) in [5.74, 6) is 0. The van der Waals surface area contributed by atoms with Crippen LogP contribution in [0.2, 0.25) is 0 Å². The van der Waals surface area contributed by atoms with E-state index in [-0.39, 0.29) is 26.9 Å². The fraction of sp³-hybridized carbons (Fsp3) is 0.100. The quantitative estimate of drug-likeness (QED) is 0.501. The third-order valence-electron chi connectivity index (χ3n) is 1.29. The summed E-state index contributed by atoms with van der Waals surface area (Å²) in [7, 11) is 0. The van der Waals surface area contributed by atoms with Gasteiger partial charge in [0.2, 0.25) is 0 Å². The number of rotatable bonds is 1. The summed E-state index contributed by atoms with van der Waals surface area (Å²) in [6.07, 6.45) is 8.32. The Morgan fingerprint density at radius 2 is 2.17 bits per heavy atom. The Hall–Kier alpha value is -0.487. The molecule has 1 nitrogen and oxygen atoms in total. The molecule has 12 heavy (non-hydrogen) atoms. The second-order valence-electron chi connectivity index (χ2n) is 2.01. The molecule has 0 unspecified atom stereocenters. The number of hydrogen-bond donors (Lipinski definition) is 0. The third-order valence-corrected chi connectivity index (χ3v) is 1.29. The Bertz CT molecular complexity index is 202.